The number of sulfonamides is 1. The van der Waals surface area contributed by atoms with E-state index in [1.54, 1.807) is 12.1 Å². The van der Waals surface area contributed by atoms with E-state index in [1.165, 1.54) is 12.1 Å². The van der Waals surface area contributed by atoms with Crippen LogP contribution in [0.2, 0.25) is 0 Å². The summed E-state index contributed by atoms with van der Waals surface area (Å²) in [5, 5.41) is 9.20. The lowest BCUT2D eigenvalue weighted by molar-refractivity contribution is 0.240. The van der Waals surface area contributed by atoms with Crippen molar-refractivity contribution >= 4 is 15.7 Å². The van der Waals surface area contributed by atoms with Crippen LogP contribution in [0.3, 0.4) is 0 Å². The molecule has 1 atom stereocenters. The van der Waals surface area contributed by atoms with Crippen molar-refractivity contribution in [2.24, 2.45) is 5.92 Å². The van der Waals surface area contributed by atoms with Gasteiger partial charge in [-0.05, 0) is 24.5 Å². The van der Waals surface area contributed by atoms with E-state index in [-0.39, 0.29) is 23.1 Å². The van der Waals surface area contributed by atoms with Crippen LogP contribution in [0.1, 0.15) is 20.3 Å². The largest absolute Gasteiger partial charge is 0.398 e. The van der Waals surface area contributed by atoms with Crippen LogP contribution >= 0.6 is 0 Å². The molecule has 0 bridgehead atoms. The van der Waals surface area contributed by atoms with Gasteiger partial charge >= 0.3 is 0 Å². The van der Waals surface area contributed by atoms with Gasteiger partial charge in [-0.15, -0.1) is 0 Å². The maximum atomic E-state index is 12.1. The van der Waals surface area contributed by atoms with Gasteiger partial charge in [0.05, 0.1) is 12.3 Å². The number of aliphatic hydroxyl groups is 1. The average molecular weight is 272 g/mol. The van der Waals surface area contributed by atoms with E-state index in [1.807, 2.05) is 13.8 Å². The van der Waals surface area contributed by atoms with E-state index < -0.39 is 16.1 Å². The van der Waals surface area contributed by atoms with Crippen LogP contribution in [0.5, 0.6) is 0 Å². The molecular weight excluding hydrogens is 252 g/mol. The lowest BCUT2D eigenvalue weighted by atomic mass is 10.1. The lowest BCUT2D eigenvalue weighted by Gasteiger charge is -2.18. The zero-order chi connectivity index (χ0) is 13.8. The lowest BCUT2D eigenvalue weighted by Crippen LogP contribution is -2.38. The van der Waals surface area contributed by atoms with E-state index in [0.29, 0.717) is 6.42 Å². The Morgan fingerprint density at radius 2 is 1.94 bits per heavy atom. The zero-order valence-electron chi connectivity index (χ0n) is 10.6. The molecule has 0 aliphatic rings. The highest BCUT2D eigenvalue weighted by molar-refractivity contribution is 7.89. The van der Waals surface area contributed by atoms with Gasteiger partial charge in [-0.25, -0.2) is 13.1 Å². The van der Waals surface area contributed by atoms with Crippen molar-refractivity contribution in [3.05, 3.63) is 24.3 Å². The number of nitrogen functional groups attached to an aromatic ring is 1. The van der Waals surface area contributed by atoms with Gasteiger partial charge in [-0.1, -0.05) is 26.0 Å². The first-order valence-corrected chi connectivity index (χ1v) is 7.33. The molecule has 0 spiro atoms. The minimum Gasteiger partial charge on any atom is -0.398 e. The number of hydrogen-bond acceptors (Lipinski definition) is 4. The summed E-state index contributed by atoms with van der Waals surface area (Å²) in [6.07, 6.45) is 0.572. The Hall–Kier alpha value is -1.11. The summed E-state index contributed by atoms with van der Waals surface area (Å²) in [6, 6.07) is 5.77. The molecule has 1 rings (SSSR count). The molecule has 102 valence electrons. The predicted molar refractivity (Wildman–Crippen MR) is 71.5 cm³/mol. The molecule has 1 unspecified atom stereocenters. The number of hydrogen-bond donors (Lipinski definition) is 3. The monoisotopic (exact) mass is 272 g/mol. The molecular formula is C12H20N2O3S. The predicted octanol–water partition coefficient (Wildman–Crippen LogP) is 0.954. The van der Waals surface area contributed by atoms with Gasteiger partial charge in [0.1, 0.15) is 4.90 Å². The number of aliphatic hydroxyl groups excluding tert-OH is 1. The number of para-hydroxylation sites is 1. The molecule has 0 aliphatic heterocycles. The van der Waals surface area contributed by atoms with Crippen molar-refractivity contribution in [1.82, 2.24) is 4.72 Å². The molecule has 0 aromatic heterocycles. The summed E-state index contributed by atoms with van der Waals surface area (Å²) in [5.41, 5.74) is 5.84. The topological polar surface area (TPSA) is 92.4 Å². The van der Waals surface area contributed by atoms with Crippen molar-refractivity contribution in [3.8, 4) is 0 Å². The van der Waals surface area contributed by atoms with Crippen LogP contribution in [-0.4, -0.2) is 26.2 Å². The van der Waals surface area contributed by atoms with Crippen LogP contribution in [0.4, 0.5) is 5.69 Å². The summed E-state index contributed by atoms with van der Waals surface area (Å²) in [7, 11) is -3.68. The van der Waals surface area contributed by atoms with E-state index in [2.05, 4.69) is 4.72 Å². The third-order valence-corrected chi connectivity index (χ3v) is 4.10. The van der Waals surface area contributed by atoms with E-state index >= 15 is 0 Å². The van der Waals surface area contributed by atoms with Crippen molar-refractivity contribution in [1.29, 1.82) is 0 Å². The van der Waals surface area contributed by atoms with E-state index in [0.717, 1.165) is 0 Å². The Morgan fingerprint density at radius 1 is 1.33 bits per heavy atom. The Balaban J connectivity index is 2.91. The fourth-order valence-corrected chi connectivity index (χ4v) is 3.11. The Bertz CT molecular complexity index is 486. The van der Waals surface area contributed by atoms with Gasteiger partial charge < -0.3 is 10.8 Å². The highest BCUT2D eigenvalue weighted by atomic mass is 32.2. The Morgan fingerprint density at radius 3 is 2.44 bits per heavy atom. The quantitative estimate of drug-likeness (QED) is 0.672. The number of rotatable bonds is 6. The molecule has 4 N–H and O–H groups in total. The molecule has 1 aromatic carbocycles. The first kappa shape index (κ1) is 14.9. The van der Waals surface area contributed by atoms with Gasteiger partial charge in [0, 0.05) is 6.04 Å². The van der Waals surface area contributed by atoms with Crippen LogP contribution in [0.15, 0.2) is 29.2 Å². The van der Waals surface area contributed by atoms with Crippen LogP contribution in [-0.2, 0) is 10.0 Å². The molecule has 0 heterocycles. The van der Waals surface area contributed by atoms with Crippen molar-refractivity contribution < 1.29 is 13.5 Å². The van der Waals surface area contributed by atoms with E-state index in [4.69, 9.17) is 5.73 Å². The first-order valence-electron chi connectivity index (χ1n) is 5.84. The fourth-order valence-electron chi connectivity index (χ4n) is 1.74. The van der Waals surface area contributed by atoms with Gasteiger partial charge in [0.15, 0.2) is 0 Å². The molecule has 0 radical (unpaired) electrons. The van der Waals surface area contributed by atoms with Gasteiger partial charge in [-0.2, -0.15) is 0 Å². The molecule has 5 nitrogen and oxygen atoms in total. The molecule has 1 aromatic rings. The smallest absolute Gasteiger partial charge is 0.242 e. The van der Waals surface area contributed by atoms with Crippen LogP contribution in [0.25, 0.3) is 0 Å². The molecule has 0 saturated heterocycles. The highest BCUT2D eigenvalue weighted by Crippen LogP contribution is 2.18. The summed E-state index contributed by atoms with van der Waals surface area (Å²) >= 11 is 0. The maximum Gasteiger partial charge on any atom is 0.242 e. The second kappa shape index (κ2) is 6.17. The average Bonchev–Trinajstić information content (AvgIpc) is 2.27. The van der Waals surface area contributed by atoms with E-state index in [9.17, 15) is 13.5 Å². The van der Waals surface area contributed by atoms with Crippen molar-refractivity contribution in [2.45, 2.75) is 31.2 Å². The maximum absolute atomic E-state index is 12.1. The van der Waals surface area contributed by atoms with Gasteiger partial charge in [-0.3, -0.25) is 0 Å². The number of anilines is 1. The molecule has 0 saturated carbocycles. The third kappa shape index (κ3) is 3.97. The minimum atomic E-state index is -3.68. The SMILES string of the molecule is CC(C)CC(CO)NS(=O)(=O)c1ccccc1N. The standard InChI is InChI=1S/C12H20N2O3S/c1-9(2)7-10(8-15)14-18(16,17)12-6-4-3-5-11(12)13/h3-6,9-10,14-15H,7-8,13H2,1-2H3. The second-order valence-corrected chi connectivity index (χ2v) is 6.35. The van der Waals surface area contributed by atoms with Gasteiger partial charge in [0.25, 0.3) is 0 Å². The highest BCUT2D eigenvalue weighted by Gasteiger charge is 2.21. The Kier molecular flexibility index (Phi) is 5.13. The van der Waals surface area contributed by atoms with Crippen molar-refractivity contribution in [2.75, 3.05) is 12.3 Å². The molecule has 18 heavy (non-hydrogen) atoms. The third-order valence-electron chi connectivity index (χ3n) is 2.51. The fraction of sp³-hybridized carbons (Fsp3) is 0.500. The molecule has 0 amide bonds. The molecule has 6 heteroatoms. The van der Waals surface area contributed by atoms with Crippen LogP contribution < -0.4 is 10.5 Å². The number of nitrogens with two attached hydrogens (primary N) is 1. The molecule has 0 aliphatic carbocycles. The normalized spacial score (nSPS) is 13.8. The minimum absolute atomic E-state index is 0.0483. The second-order valence-electron chi connectivity index (χ2n) is 4.67. The summed E-state index contributed by atoms with van der Waals surface area (Å²) in [4.78, 5) is 0.0483. The Labute approximate surface area is 108 Å². The summed E-state index contributed by atoms with van der Waals surface area (Å²) < 4.78 is 26.7. The van der Waals surface area contributed by atoms with Crippen molar-refractivity contribution in [3.63, 3.8) is 0 Å². The zero-order valence-corrected chi connectivity index (χ0v) is 11.4. The summed E-state index contributed by atoms with van der Waals surface area (Å²) in [5.74, 6) is 0.290. The summed E-state index contributed by atoms with van der Waals surface area (Å²) in [6.45, 7) is 3.70. The van der Waals surface area contributed by atoms with Crippen LogP contribution in [0, 0.1) is 5.92 Å². The number of nitrogens with one attached hydrogen (secondary N) is 1. The van der Waals surface area contributed by atoms with Gasteiger partial charge in [0.2, 0.25) is 10.0 Å². The number of benzene rings is 1. The first-order chi connectivity index (χ1) is 8.36. The molecule has 0 fully saturated rings.